The third-order valence-electron chi connectivity index (χ3n) is 2.58. The van der Waals surface area contributed by atoms with E-state index in [4.69, 9.17) is 5.26 Å². The first-order valence-electron chi connectivity index (χ1n) is 4.34. The fourth-order valence-corrected chi connectivity index (χ4v) is 1.72. The van der Waals surface area contributed by atoms with Gasteiger partial charge in [0.25, 0.3) is 0 Å². The molecular weight excluding hydrogens is 152 g/mol. The Morgan fingerprint density at radius 2 is 2.17 bits per heavy atom. The highest BCUT2D eigenvalue weighted by Gasteiger charge is 2.35. The van der Waals surface area contributed by atoms with E-state index in [0.717, 1.165) is 25.7 Å². The normalized spacial score (nSPS) is 20.0. The van der Waals surface area contributed by atoms with Gasteiger partial charge in [-0.15, -0.1) is 0 Å². The van der Waals surface area contributed by atoms with E-state index in [9.17, 15) is 4.79 Å². The van der Waals surface area contributed by atoms with Crippen molar-refractivity contribution in [3.8, 4) is 6.07 Å². The third kappa shape index (κ3) is 1.76. The van der Waals surface area contributed by atoms with Gasteiger partial charge >= 0.3 is 0 Å². The van der Waals surface area contributed by atoms with Crippen LogP contribution in [0.5, 0.6) is 0 Å². The van der Waals surface area contributed by atoms with Gasteiger partial charge in [-0.1, -0.05) is 19.8 Å². The minimum atomic E-state index is -0.198. The molecule has 0 unspecified atom stereocenters. The fraction of sp³-hybridized carbons (Fsp3) is 0.778. The fourth-order valence-electron chi connectivity index (χ4n) is 1.72. The first-order valence-corrected chi connectivity index (χ1v) is 4.34. The largest absolute Gasteiger partial charge is 0.343 e. The molecule has 1 aliphatic carbocycles. The standard InChI is InChI=1S/C9H14N2O/c1-9(4-2-3-5-9)8(12)11-7-6-10/h2-5,7H2,1H3,(H,11,12). The molecule has 0 aromatic carbocycles. The van der Waals surface area contributed by atoms with Crippen molar-refractivity contribution in [3.05, 3.63) is 0 Å². The summed E-state index contributed by atoms with van der Waals surface area (Å²) in [7, 11) is 0. The Labute approximate surface area is 72.8 Å². The summed E-state index contributed by atoms with van der Waals surface area (Å²) >= 11 is 0. The van der Waals surface area contributed by atoms with Crippen LogP contribution in [0.1, 0.15) is 32.6 Å². The van der Waals surface area contributed by atoms with Crippen molar-refractivity contribution in [2.24, 2.45) is 5.41 Å². The maximum Gasteiger partial charge on any atom is 0.226 e. The Hall–Kier alpha value is -1.04. The van der Waals surface area contributed by atoms with Crippen LogP contribution < -0.4 is 5.32 Å². The van der Waals surface area contributed by atoms with Gasteiger partial charge in [0.15, 0.2) is 0 Å². The van der Waals surface area contributed by atoms with Gasteiger partial charge in [-0.3, -0.25) is 4.79 Å². The molecule has 0 radical (unpaired) electrons. The summed E-state index contributed by atoms with van der Waals surface area (Å²) in [5, 5.41) is 10.9. The summed E-state index contributed by atoms with van der Waals surface area (Å²) < 4.78 is 0. The average Bonchev–Trinajstić information content (AvgIpc) is 2.49. The number of carbonyl (C=O) groups excluding carboxylic acids is 1. The van der Waals surface area contributed by atoms with Gasteiger partial charge in [0.1, 0.15) is 6.54 Å². The molecule has 0 aliphatic heterocycles. The van der Waals surface area contributed by atoms with E-state index in [1.165, 1.54) is 0 Å². The molecule has 0 spiro atoms. The van der Waals surface area contributed by atoms with Crippen molar-refractivity contribution >= 4 is 5.91 Å². The second kappa shape index (κ2) is 3.57. The van der Waals surface area contributed by atoms with Crippen LogP contribution in [0.4, 0.5) is 0 Å². The van der Waals surface area contributed by atoms with Crippen molar-refractivity contribution in [1.82, 2.24) is 5.32 Å². The van der Waals surface area contributed by atoms with Crippen molar-refractivity contribution in [2.45, 2.75) is 32.6 Å². The van der Waals surface area contributed by atoms with Gasteiger partial charge in [-0.25, -0.2) is 0 Å². The third-order valence-corrected chi connectivity index (χ3v) is 2.58. The van der Waals surface area contributed by atoms with Gasteiger partial charge in [0, 0.05) is 5.41 Å². The number of nitrogens with one attached hydrogen (secondary N) is 1. The van der Waals surface area contributed by atoms with Crippen LogP contribution in [0.2, 0.25) is 0 Å². The lowest BCUT2D eigenvalue weighted by Crippen LogP contribution is -2.37. The topological polar surface area (TPSA) is 52.9 Å². The van der Waals surface area contributed by atoms with Crippen LogP contribution in [0.3, 0.4) is 0 Å². The van der Waals surface area contributed by atoms with E-state index in [0.29, 0.717) is 0 Å². The molecule has 0 atom stereocenters. The Balaban J connectivity index is 2.45. The first kappa shape index (κ1) is 9.05. The number of nitriles is 1. The molecule has 1 saturated carbocycles. The maximum absolute atomic E-state index is 11.5. The summed E-state index contributed by atoms with van der Waals surface area (Å²) in [4.78, 5) is 11.5. The van der Waals surface area contributed by atoms with Gasteiger partial charge < -0.3 is 5.32 Å². The minimum Gasteiger partial charge on any atom is -0.343 e. The lowest BCUT2D eigenvalue weighted by Gasteiger charge is -2.20. The molecule has 0 heterocycles. The summed E-state index contributed by atoms with van der Waals surface area (Å²) in [6.07, 6.45) is 4.20. The van der Waals surface area contributed by atoms with Crippen LogP contribution in [-0.2, 0) is 4.79 Å². The molecule has 1 N–H and O–H groups in total. The number of amides is 1. The van der Waals surface area contributed by atoms with E-state index in [-0.39, 0.29) is 17.9 Å². The second-order valence-corrected chi connectivity index (χ2v) is 3.61. The number of hydrogen-bond acceptors (Lipinski definition) is 2. The molecule has 0 bridgehead atoms. The molecule has 0 saturated heterocycles. The van der Waals surface area contributed by atoms with Crippen molar-refractivity contribution in [3.63, 3.8) is 0 Å². The van der Waals surface area contributed by atoms with E-state index in [2.05, 4.69) is 5.32 Å². The predicted octanol–water partition coefficient (Wildman–Crippen LogP) is 1.21. The quantitative estimate of drug-likeness (QED) is 0.627. The summed E-state index contributed by atoms with van der Waals surface area (Å²) in [6, 6.07) is 1.91. The predicted molar refractivity (Wildman–Crippen MR) is 45.2 cm³/mol. The van der Waals surface area contributed by atoms with Gasteiger partial charge in [0.05, 0.1) is 6.07 Å². The Morgan fingerprint density at radius 1 is 1.58 bits per heavy atom. The van der Waals surface area contributed by atoms with E-state index < -0.39 is 0 Å². The molecule has 3 nitrogen and oxygen atoms in total. The van der Waals surface area contributed by atoms with Crippen LogP contribution in [0.25, 0.3) is 0 Å². The van der Waals surface area contributed by atoms with Crippen molar-refractivity contribution < 1.29 is 4.79 Å². The van der Waals surface area contributed by atoms with E-state index >= 15 is 0 Å². The molecule has 0 aromatic heterocycles. The number of nitrogens with zero attached hydrogens (tertiary/aromatic N) is 1. The van der Waals surface area contributed by atoms with Crippen molar-refractivity contribution in [1.29, 1.82) is 5.26 Å². The van der Waals surface area contributed by atoms with Crippen LogP contribution in [0.15, 0.2) is 0 Å². The number of rotatable bonds is 2. The van der Waals surface area contributed by atoms with E-state index in [1.807, 2.05) is 13.0 Å². The highest BCUT2D eigenvalue weighted by atomic mass is 16.2. The second-order valence-electron chi connectivity index (χ2n) is 3.61. The van der Waals surface area contributed by atoms with Gasteiger partial charge in [-0.05, 0) is 12.8 Å². The van der Waals surface area contributed by atoms with Gasteiger partial charge in [0.2, 0.25) is 5.91 Å². The Kier molecular flexibility index (Phi) is 2.69. The molecule has 66 valence electrons. The molecule has 1 rings (SSSR count). The molecule has 1 aliphatic rings. The summed E-state index contributed by atoms with van der Waals surface area (Å²) in [6.45, 7) is 2.11. The van der Waals surface area contributed by atoms with Crippen LogP contribution in [0, 0.1) is 16.7 Å². The molecule has 1 fully saturated rings. The minimum absolute atomic E-state index is 0.0431. The summed E-state index contributed by atoms with van der Waals surface area (Å²) in [5.74, 6) is 0.0431. The Bertz CT molecular complexity index is 211. The van der Waals surface area contributed by atoms with Crippen LogP contribution in [-0.4, -0.2) is 12.5 Å². The lowest BCUT2D eigenvalue weighted by molar-refractivity contribution is -0.129. The SMILES string of the molecule is CC1(C(=O)NCC#N)CCCC1. The molecule has 0 aromatic rings. The van der Waals surface area contributed by atoms with Gasteiger partial charge in [-0.2, -0.15) is 5.26 Å². The Morgan fingerprint density at radius 3 is 2.67 bits per heavy atom. The zero-order valence-corrected chi connectivity index (χ0v) is 7.39. The average molecular weight is 166 g/mol. The molecule has 3 heteroatoms. The highest BCUT2D eigenvalue weighted by Crippen LogP contribution is 2.37. The molecule has 1 amide bonds. The molecule has 12 heavy (non-hydrogen) atoms. The van der Waals surface area contributed by atoms with Crippen LogP contribution >= 0.6 is 0 Å². The molecular formula is C9H14N2O. The lowest BCUT2D eigenvalue weighted by atomic mass is 9.88. The maximum atomic E-state index is 11.5. The van der Waals surface area contributed by atoms with E-state index in [1.54, 1.807) is 0 Å². The number of hydrogen-bond donors (Lipinski definition) is 1. The van der Waals surface area contributed by atoms with Crippen molar-refractivity contribution in [2.75, 3.05) is 6.54 Å². The zero-order valence-electron chi connectivity index (χ0n) is 7.39. The zero-order chi connectivity index (χ0) is 9.03. The summed E-state index contributed by atoms with van der Waals surface area (Å²) in [5.41, 5.74) is -0.198. The number of carbonyl (C=O) groups is 1. The monoisotopic (exact) mass is 166 g/mol. The smallest absolute Gasteiger partial charge is 0.226 e. The highest BCUT2D eigenvalue weighted by molar-refractivity contribution is 5.82. The first-order chi connectivity index (χ1) is 5.69.